The highest BCUT2D eigenvalue weighted by Crippen LogP contribution is 2.39. The Balaban J connectivity index is 2.53. The minimum atomic E-state index is 0.235. The van der Waals surface area contributed by atoms with E-state index >= 15 is 0 Å². The molecule has 0 spiro atoms. The van der Waals surface area contributed by atoms with E-state index in [-0.39, 0.29) is 5.54 Å². The molecule has 0 aromatic rings. The standard InChI is InChI=1S/C17H36N2S/c1-15(9-12-20-6)19(5)14-17(10-7-8-11-17)13-18-16(2,3)4/h15,18H,7-14H2,1-6H3. The van der Waals surface area contributed by atoms with Gasteiger partial charge in [0.05, 0.1) is 0 Å². The number of hydrogen-bond acceptors (Lipinski definition) is 3. The lowest BCUT2D eigenvalue weighted by molar-refractivity contribution is 0.132. The summed E-state index contributed by atoms with van der Waals surface area (Å²) in [5.74, 6) is 1.28. The monoisotopic (exact) mass is 300 g/mol. The molecule has 0 amide bonds. The Bertz CT molecular complexity index is 267. The van der Waals surface area contributed by atoms with Gasteiger partial charge in [0, 0.05) is 24.7 Å². The highest BCUT2D eigenvalue weighted by atomic mass is 32.2. The van der Waals surface area contributed by atoms with Gasteiger partial charge in [-0.1, -0.05) is 12.8 Å². The molecule has 1 aliphatic rings. The summed E-state index contributed by atoms with van der Waals surface area (Å²) in [5, 5.41) is 3.76. The maximum Gasteiger partial charge on any atom is 0.00967 e. The van der Waals surface area contributed by atoms with Gasteiger partial charge in [0.25, 0.3) is 0 Å². The Morgan fingerprint density at radius 3 is 2.35 bits per heavy atom. The molecule has 1 aliphatic carbocycles. The van der Waals surface area contributed by atoms with E-state index in [0.29, 0.717) is 11.5 Å². The molecule has 2 nitrogen and oxygen atoms in total. The zero-order valence-corrected chi connectivity index (χ0v) is 15.4. The Morgan fingerprint density at radius 2 is 1.85 bits per heavy atom. The van der Waals surface area contributed by atoms with Gasteiger partial charge in [0.2, 0.25) is 0 Å². The Morgan fingerprint density at radius 1 is 1.25 bits per heavy atom. The van der Waals surface area contributed by atoms with E-state index in [1.165, 1.54) is 50.9 Å². The van der Waals surface area contributed by atoms with Crippen molar-refractivity contribution < 1.29 is 0 Å². The lowest BCUT2D eigenvalue weighted by atomic mass is 9.84. The molecule has 0 heterocycles. The van der Waals surface area contributed by atoms with Gasteiger partial charge in [-0.15, -0.1) is 0 Å². The first-order valence-corrected chi connectivity index (χ1v) is 9.62. The third kappa shape index (κ3) is 6.36. The number of hydrogen-bond donors (Lipinski definition) is 1. The molecule has 0 radical (unpaired) electrons. The van der Waals surface area contributed by atoms with Gasteiger partial charge < -0.3 is 10.2 Å². The average Bonchev–Trinajstić information content (AvgIpc) is 2.82. The zero-order valence-electron chi connectivity index (χ0n) is 14.6. The van der Waals surface area contributed by atoms with Crippen LogP contribution in [0.2, 0.25) is 0 Å². The van der Waals surface area contributed by atoms with Crippen LogP contribution >= 0.6 is 11.8 Å². The molecule has 0 aromatic heterocycles. The second-order valence-corrected chi connectivity index (χ2v) is 8.84. The van der Waals surface area contributed by atoms with Gasteiger partial charge in [0.15, 0.2) is 0 Å². The first-order valence-electron chi connectivity index (χ1n) is 8.22. The minimum absolute atomic E-state index is 0.235. The SMILES string of the molecule is CSCCC(C)N(C)CC1(CNC(C)(C)C)CCCC1. The van der Waals surface area contributed by atoms with Crippen LogP contribution in [0.4, 0.5) is 0 Å². The summed E-state index contributed by atoms with van der Waals surface area (Å²) in [6.07, 6.45) is 9.14. The summed E-state index contributed by atoms with van der Waals surface area (Å²) in [6, 6.07) is 0.703. The van der Waals surface area contributed by atoms with Crippen molar-refractivity contribution in [3.63, 3.8) is 0 Å². The van der Waals surface area contributed by atoms with Gasteiger partial charge in [-0.05, 0) is 71.4 Å². The van der Waals surface area contributed by atoms with Gasteiger partial charge >= 0.3 is 0 Å². The molecular formula is C17H36N2S. The molecule has 3 heteroatoms. The molecule has 1 atom stereocenters. The summed E-state index contributed by atoms with van der Waals surface area (Å²) < 4.78 is 0. The Labute approximate surface area is 131 Å². The summed E-state index contributed by atoms with van der Waals surface area (Å²) in [4.78, 5) is 2.60. The molecule has 1 fully saturated rings. The quantitative estimate of drug-likeness (QED) is 0.729. The van der Waals surface area contributed by atoms with Gasteiger partial charge in [-0.3, -0.25) is 0 Å². The first-order chi connectivity index (χ1) is 9.28. The van der Waals surface area contributed by atoms with E-state index in [1.54, 1.807) is 0 Å². The Kier molecular flexibility index (Phi) is 7.37. The first kappa shape index (κ1) is 18.3. The van der Waals surface area contributed by atoms with E-state index in [9.17, 15) is 0 Å². The van der Waals surface area contributed by atoms with Crippen molar-refractivity contribution in [3.05, 3.63) is 0 Å². The molecule has 0 bridgehead atoms. The van der Waals surface area contributed by atoms with Crippen LogP contribution in [0.15, 0.2) is 0 Å². The van der Waals surface area contributed by atoms with Gasteiger partial charge in [-0.2, -0.15) is 11.8 Å². The third-order valence-electron chi connectivity index (χ3n) is 4.73. The van der Waals surface area contributed by atoms with Gasteiger partial charge in [-0.25, -0.2) is 0 Å². The summed E-state index contributed by atoms with van der Waals surface area (Å²) in [6.45, 7) is 11.7. The van der Waals surface area contributed by atoms with Crippen LogP contribution < -0.4 is 5.32 Å². The smallest absolute Gasteiger partial charge is 0.00967 e. The largest absolute Gasteiger partial charge is 0.311 e. The van der Waals surface area contributed by atoms with Crippen LogP contribution in [0.25, 0.3) is 0 Å². The number of thioether (sulfide) groups is 1. The molecule has 0 aromatic carbocycles. The molecule has 1 saturated carbocycles. The van der Waals surface area contributed by atoms with Crippen molar-refractivity contribution in [2.75, 3.05) is 32.1 Å². The number of nitrogens with one attached hydrogen (secondary N) is 1. The highest BCUT2D eigenvalue weighted by Gasteiger charge is 2.36. The lowest BCUT2D eigenvalue weighted by Crippen LogP contribution is -2.48. The fraction of sp³-hybridized carbons (Fsp3) is 1.00. The minimum Gasteiger partial charge on any atom is -0.311 e. The second-order valence-electron chi connectivity index (χ2n) is 7.86. The third-order valence-corrected chi connectivity index (χ3v) is 5.38. The molecule has 20 heavy (non-hydrogen) atoms. The van der Waals surface area contributed by atoms with Crippen LogP contribution in [0.1, 0.15) is 59.8 Å². The summed E-state index contributed by atoms with van der Waals surface area (Å²) in [5.41, 5.74) is 0.744. The second kappa shape index (κ2) is 8.05. The summed E-state index contributed by atoms with van der Waals surface area (Å²) in [7, 11) is 2.32. The molecule has 120 valence electrons. The van der Waals surface area contributed by atoms with Crippen LogP contribution in [-0.4, -0.2) is 48.6 Å². The number of rotatable bonds is 8. The summed E-state index contributed by atoms with van der Waals surface area (Å²) >= 11 is 1.96. The highest BCUT2D eigenvalue weighted by molar-refractivity contribution is 7.98. The van der Waals surface area contributed by atoms with Crippen molar-refractivity contribution in [1.29, 1.82) is 0 Å². The van der Waals surface area contributed by atoms with Crippen molar-refractivity contribution in [2.45, 2.75) is 71.4 Å². The van der Waals surface area contributed by atoms with E-state index < -0.39 is 0 Å². The van der Waals surface area contributed by atoms with Crippen molar-refractivity contribution >= 4 is 11.8 Å². The van der Waals surface area contributed by atoms with Crippen molar-refractivity contribution in [1.82, 2.24) is 10.2 Å². The van der Waals surface area contributed by atoms with Crippen LogP contribution in [-0.2, 0) is 0 Å². The molecular weight excluding hydrogens is 264 g/mol. The van der Waals surface area contributed by atoms with Crippen molar-refractivity contribution in [2.24, 2.45) is 5.41 Å². The average molecular weight is 301 g/mol. The van der Waals surface area contributed by atoms with E-state index in [1.807, 2.05) is 11.8 Å². The van der Waals surface area contributed by atoms with E-state index in [4.69, 9.17) is 0 Å². The van der Waals surface area contributed by atoms with Crippen LogP contribution in [0, 0.1) is 5.41 Å². The molecule has 0 aliphatic heterocycles. The number of nitrogens with zero attached hydrogens (tertiary/aromatic N) is 1. The molecule has 1 unspecified atom stereocenters. The van der Waals surface area contributed by atoms with Gasteiger partial charge in [0.1, 0.15) is 0 Å². The fourth-order valence-corrected chi connectivity index (χ4v) is 3.74. The normalized spacial score (nSPS) is 20.6. The lowest BCUT2D eigenvalue weighted by Gasteiger charge is -2.38. The van der Waals surface area contributed by atoms with E-state index in [0.717, 1.165) is 0 Å². The van der Waals surface area contributed by atoms with Crippen LogP contribution in [0.5, 0.6) is 0 Å². The van der Waals surface area contributed by atoms with E-state index in [2.05, 4.69) is 51.2 Å². The predicted octanol–water partition coefficient (Wildman–Crippen LogP) is 4.01. The zero-order chi connectivity index (χ0) is 15.2. The van der Waals surface area contributed by atoms with Crippen molar-refractivity contribution in [3.8, 4) is 0 Å². The Hall–Kier alpha value is 0.270. The molecule has 1 rings (SSSR count). The van der Waals surface area contributed by atoms with Crippen LogP contribution in [0.3, 0.4) is 0 Å². The predicted molar refractivity (Wildman–Crippen MR) is 93.7 cm³/mol. The maximum absolute atomic E-state index is 3.76. The molecule has 1 N–H and O–H groups in total. The maximum atomic E-state index is 3.76. The fourth-order valence-electron chi connectivity index (χ4n) is 3.16. The topological polar surface area (TPSA) is 15.3 Å². The molecule has 0 saturated heterocycles.